The maximum absolute atomic E-state index is 11.5. The second-order valence-electron chi connectivity index (χ2n) is 4.27. The summed E-state index contributed by atoms with van der Waals surface area (Å²) in [6, 6.07) is 7.74. The molecule has 2 rings (SSSR count). The van der Waals surface area contributed by atoms with E-state index in [9.17, 15) is 4.79 Å². The number of esters is 1. The average Bonchev–Trinajstić information content (AvgIpc) is 2.89. The monoisotopic (exact) mass is 259 g/mol. The molecule has 2 N–H and O–H groups in total. The molecule has 100 valence electrons. The molecule has 0 aliphatic heterocycles. The molecule has 0 amide bonds. The molecule has 0 radical (unpaired) electrons. The number of aromatic nitrogens is 2. The molecule has 2 aromatic rings. The molecule has 5 heteroatoms. The number of carbonyl (C=O) groups is 1. The Kier molecular flexibility index (Phi) is 3.97. The first-order chi connectivity index (χ1) is 9.11. The summed E-state index contributed by atoms with van der Waals surface area (Å²) < 4.78 is 6.56. The number of rotatable bonds is 4. The van der Waals surface area contributed by atoms with Gasteiger partial charge in [-0.2, -0.15) is 5.10 Å². The SMILES string of the molecule is CCOC(=O)c1cnn(-c2ccc([C@H](C)N)cc2)c1. The molecule has 0 saturated carbocycles. The van der Waals surface area contributed by atoms with Crippen LogP contribution in [0.5, 0.6) is 0 Å². The Balaban J connectivity index is 2.20. The lowest BCUT2D eigenvalue weighted by Gasteiger charge is -2.06. The molecule has 1 heterocycles. The second kappa shape index (κ2) is 5.67. The van der Waals surface area contributed by atoms with Crippen molar-refractivity contribution in [2.75, 3.05) is 6.61 Å². The number of ether oxygens (including phenoxy) is 1. The maximum atomic E-state index is 11.5. The summed E-state index contributed by atoms with van der Waals surface area (Å²) in [5.41, 5.74) is 8.17. The highest BCUT2D eigenvalue weighted by Crippen LogP contribution is 2.14. The van der Waals surface area contributed by atoms with Gasteiger partial charge in [-0.25, -0.2) is 9.48 Å². The summed E-state index contributed by atoms with van der Waals surface area (Å²) in [5.74, 6) is -0.360. The van der Waals surface area contributed by atoms with E-state index in [1.165, 1.54) is 6.20 Å². The highest BCUT2D eigenvalue weighted by Gasteiger charge is 2.10. The van der Waals surface area contributed by atoms with Crippen molar-refractivity contribution in [3.05, 3.63) is 47.8 Å². The van der Waals surface area contributed by atoms with Gasteiger partial charge in [0.05, 0.1) is 24.1 Å². The van der Waals surface area contributed by atoms with Crippen LogP contribution in [0.3, 0.4) is 0 Å². The van der Waals surface area contributed by atoms with Crippen molar-refractivity contribution in [1.29, 1.82) is 0 Å². The van der Waals surface area contributed by atoms with Crippen molar-refractivity contribution in [3.63, 3.8) is 0 Å². The fourth-order valence-electron chi connectivity index (χ4n) is 1.71. The Bertz CT molecular complexity index is 558. The summed E-state index contributed by atoms with van der Waals surface area (Å²) in [5, 5.41) is 4.15. The lowest BCUT2D eigenvalue weighted by molar-refractivity contribution is 0.0526. The van der Waals surface area contributed by atoms with Gasteiger partial charge in [0.15, 0.2) is 0 Å². The van der Waals surface area contributed by atoms with Crippen LogP contribution < -0.4 is 5.73 Å². The van der Waals surface area contributed by atoms with Gasteiger partial charge in [0.25, 0.3) is 0 Å². The third-order valence-electron chi connectivity index (χ3n) is 2.78. The summed E-state index contributed by atoms with van der Waals surface area (Å²) in [6.07, 6.45) is 3.15. The molecule has 1 aromatic heterocycles. The number of hydrogen-bond acceptors (Lipinski definition) is 4. The van der Waals surface area contributed by atoms with E-state index in [0.29, 0.717) is 12.2 Å². The quantitative estimate of drug-likeness (QED) is 0.853. The zero-order valence-corrected chi connectivity index (χ0v) is 11.0. The van der Waals surface area contributed by atoms with E-state index in [1.807, 2.05) is 31.2 Å². The predicted octanol–water partition coefficient (Wildman–Crippen LogP) is 2.07. The number of benzene rings is 1. The van der Waals surface area contributed by atoms with E-state index >= 15 is 0 Å². The molecule has 0 unspecified atom stereocenters. The van der Waals surface area contributed by atoms with Crippen LogP contribution >= 0.6 is 0 Å². The van der Waals surface area contributed by atoms with Crippen LogP contribution in [-0.2, 0) is 4.74 Å². The molecule has 5 nitrogen and oxygen atoms in total. The molecule has 0 saturated heterocycles. The van der Waals surface area contributed by atoms with Gasteiger partial charge in [-0.1, -0.05) is 12.1 Å². The normalized spacial score (nSPS) is 12.2. The third-order valence-corrected chi connectivity index (χ3v) is 2.78. The van der Waals surface area contributed by atoms with Gasteiger partial charge in [0, 0.05) is 12.2 Å². The van der Waals surface area contributed by atoms with Crippen molar-refractivity contribution >= 4 is 5.97 Å². The zero-order chi connectivity index (χ0) is 13.8. The van der Waals surface area contributed by atoms with Gasteiger partial charge in [-0.05, 0) is 31.5 Å². The molecule has 0 aliphatic rings. The highest BCUT2D eigenvalue weighted by molar-refractivity contribution is 5.88. The highest BCUT2D eigenvalue weighted by atomic mass is 16.5. The van der Waals surface area contributed by atoms with Gasteiger partial charge >= 0.3 is 5.97 Å². The molecule has 1 atom stereocenters. The van der Waals surface area contributed by atoms with Crippen LogP contribution in [0.25, 0.3) is 5.69 Å². The summed E-state index contributed by atoms with van der Waals surface area (Å²) in [6.45, 7) is 4.06. The number of hydrogen-bond donors (Lipinski definition) is 1. The van der Waals surface area contributed by atoms with Gasteiger partial charge < -0.3 is 10.5 Å². The van der Waals surface area contributed by atoms with Crippen LogP contribution in [0.4, 0.5) is 0 Å². The Morgan fingerprint density at radius 3 is 2.68 bits per heavy atom. The summed E-state index contributed by atoms with van der Waals surface area (Å²) in [4.78, 5) is 11.5. The Morgan fingerprint density at radius 2 is 2.11 bits per heavy atom. The van der Waals surface area contributed by atoms with Gasteiger partial charge in [-0.15, -0.1) is 0 Å². The van der Waals surface area contributed by atoms with Crippen molar-refractivity contribution in [2.24, 2.45) is 5.73 Å². The van der Waals surface area contributed by atoms with E-state index in [0.717, 1.165) is 11.3 Å². The first-order valence-corrected chi connectivity index (χ1v) is 6.19. The molecule has 0 aliphatic carbocycles. The summed E-state index contributed by atoms with van der Waals surface area (Å²) in [7, 11) is 0. The van der Waals surface area contributed by atoms with Gasteiger partial charge in [-0.3, -0.25) is 0 Å². The fourth-order valence-corrected chi connectivity index (χ4v) is 1.71. The average molecular weight is 259 g/mol. The Hall–Kier alpha value is -2.14. The van der Waals surface area contributed by atoms with Crippen LogP contribution in [-0.4, -0.2) is 22.4 Å². The van der Waals surface area contributed by atoms with Crippen LogP contribution in [0.15, 0.2) is 36.7 Å². The molecule has 0 fully saturated rings. The molecular formula is C14H17N3O2. The van der Waals surface area contributed by atoms with Gasteiger partial charge in [0.2, 0.25) is 0 Å². The minimum atomic E-state index is -0.360. The minimum absolute atomic E-state index is 0.00163. The maximum Gasteiger partial charge on any atom is 0.341 e. The van der Waals surface area contributed by atoms with Crippen molar-refractivity contribution < 1.29 is 9.53 Å². The molecule has 0 spiro atoms. The predicted molar refractivity (Wildman–Crippen MR) is 72.1 cm³/mol. The van der Waals surface area contributed by atoms with Gasteiger partial charge in [0.1, 0.15) is 0 Å². The molecule has 1 aromatic carbocycles. The van der Waals surface area contributed by atoms with E-state index in [2.05, 4.69) is 5.10 Å². The van der Waals surface area contributed by atoms with E-state index in [-0.39, 0.29) is 12.0 Å². The Morgan fingerprint density at radius 1 is 1.42 bits per heavy atom. The fraction of sp³-hybridized carbons (Fsp3) is 0.286. The van der Waals surface area contributed by atoms with Crippen LogP contribution in [0.2, 0.25) is 0 Å². The first-order valence-electron chi connectivity index (χ1n) is 6.19. The van der Waals surface area contributed by atoms with Crippen molar-refractivity contribution in [3.8, 4) is 5.69 Å². The zero-order valence-electron chi connectivity index (χ0n) is 11.0. The topological polar surface area (TPSA) is 70.1 Å². The largest absolute Gasteiger partial charge is 0.462 e. The number of nitrogens with two attached hydrogens (primary N) is 1. The van der Waals surface area contributed by atoms with Crippen LogP contribution in [0.1, 0.15) is 35.8 Å². The van der Waals surface area contributed by atoms with Crippen molar-refractivity contribution in [1.82, 2.24) is 9.78 Å². The van der Waals surface area contributed by atoms with E-state index in [4.69, 9.17) is 10.5 Å². The standard InChI is InChI=1S/C14H17N3O2/c1-3-19-14(18)12-8-16-17(9-12)13-6-4-11(5-7-13)10(2)15/h4-10H,3,15H2,1-2H3/t10-/m0/s1. The minimum Gasteiger partial charge on any atom is -0.462 e. The Labute approximate surface area is 112 Å². The van der Waals surface area contributed by atoms with E-state index < -0.39 is 0 Å². The first kappa shape index (κ1) is 13.3. The second-order valence-corrected chi connectivity index (χ2v) is 4.27. The lowest BCUT2D eigenvalue weighted by atomic mass is 10.1. The van der Waals surface area contributed by atoms with Crippen LogP contribution in [0, 0.1) is 0 Å². The summed E-state index contributed by atoms with van der Waals surface area (Å²) >= 11 is 0. The molecule has 0 bridgehead atoms. The molecular weight excluding hydrogens is 242 g/mol. The molecule has 19 heavy (non-hydrogen) atoms. The third kappa shape index (κ3) is 3.00. The van der Waals surface area contributed by atoms with Crippen molar-refractivity contribution in [2.45, 2.75) is 19.9 Å². The smallest absolute Gasteiger partial charge is 0.341 e. The number of carbonyl (C=O) groups excluding carboxylic acids is 1. The van der Waals surface area contributed by atoms with E-state index in [1.54, 1.807) is 17.8 Å². The lowest BCUT2D eigenvalue weighted by Crippen LogP contribution is -2.05. The number of nitrogens with zero attached hydrogens (tertiary/aromatic N) is 2.